The molecule has 0 bridgehead atoms. The summed E-state index contributed by atoms with van der Waals surface area (Å²) in [6.07, 6.45) is 0.499. The number of piperidine rings is 1. The molecule has 1 N–H and O–H groups in total. The summed E-state index contributed by atoms with van der Waals surface area (Å²) in [6.45, 7) is 1.10. The monoisotopic (exact) mass is 541 g/mol. The second-order valence-corrected chi connectivity index (χ2v) is 11.2. The highest BCUT2D eigenvalue weighted by Crippen LogP contribution is 2.36. The predicted molar refractivity (Wildman–Crippen MR) is 130 cm³/mol. The zero-order chi connectivity index (χ0) is 27.0. The quantitative estimate of drug-likeness (QED) is 0.458. The van der Waals surface area contributed by atoms with Crippen LogP contribution < -0.4 is 5.32 Å². The number of alkyl halides is 3. The molecular weight excluding hydrogens is 514 g/mol. The van der Waals surface area contributed by atoms with E-state index in [0.717, 1.165) is 11.8 Å². The highest BCUT2D eigenvalue weighted by molar-refractivity contribution is 7.88. The normalized spacial score (nSPS) is 15.9. The van der Waals surface area contributed by atoms with E-state index in [1.54, 1.807) is 12.1 Å². The van der Waals surface area contributed by atoms with Crippen LogP contribution in [0.4, 0.5) is 23.5 Å². The zero-order valence-corrected chi connectivity index (χ0v) is 21.3. The van der Waals surface area contributed by atoms with Gasteiger partial charge in [0, 0.05) is 38.1 Å². The van der Waals surface area contributed by atoms with E-state index >= 15 is 0 Å². The molecule has 0 atom stereocenters. The van der Waals surface area contributed by atoms with Crippen LogP contribution in [0.15, 0.2) is 36.9 Å². The topological polar surface area (TPSA) is 96.3 Å². The fourth-order valence-electron chi connectivity index (χ4n) is 4.17. The Morgan fingerprint density at radius 3 is 2.46 bits per heavy atom. The summed E-state index contributed by atoms with van der Waals surface area (Å²) >= 11 is 0. The van der Waals surface area contributed by atoms with Crippen LogP contribution in [0.1, 0.15) is 24.0 Å². The summed E-state index contributed by atoms with van der Waals surface area (Å²) in [5.74, 6) is -0.570. The van der Waals surface area contributed by atoms with E-state index in [1.165, 1.54) is 27.5 Å². The number of benzene rings is 1. The summed E-state index contributed by atoms with van der Waals surface area (Å²) in [5, 5.41) is 3.00. The van der Waals surface area contributed by atoms with Gasteiger partial charge >= 0.3 is 6.18 Å². The van der Waals surface area contributed by atoms with Gasteiger partial charge in [0.05, 0.1) is 11.9 Å². The third kappa shape index (κ3) is 6.43. The van der Waals surface area contributed by atoms with Crippen LogP contribution in [0.3, 0.4) is 0 Å². The number of hydrogen-bond donors (Lipinski definition) is 1. The first kappa shape index (κ1) is 26.9. The molecule has 1 fully saturated rings. The van der Waals surface area contributed by atoms with E-state index in [9.17, 15) is 26.0 Å². The summed E-state index contributed by atoms with van der Waals surface area (Å²) in [6, 6.07) is 4.44. The van der Waals surface area contributed by atoms with Crippen LogP contribution in [0.2, 0.25) is 0 Å². The lowest BCUT2D eigenvalue weighted by Crippen LogP contribution is -2.42. The van der Waals surface area contributed by atoms with Gasteiger partial charge in [-0.1, -0.05) is 6.07 Å². The molecule has 9 nitrogen and oxygen atoms in total. The van der Waals surface area contributed by atoms with Crippen molar-refractivity contribution in [1.82, 2.24) is 28.7 Å². The lowest BCUT2D eigenvalue weighted by Gasteiger charge is -2.30. The van der Waals surface area contributed by atoms with Crippen LogP contribution in [0.5, 0.6) is 0 Å². The molecule has 4 rings (SSSR count). The number of nitrogens with zero attached hydrogens (tertiary/aromatic N) is 6. The van der Waals surface area contributed by atoms with E-state index in [-0.39, 0.29) is 36.5 Å². The number of anilines is 1. The molecule has 0 saturated carbocycles. The Morgan fingerprint density at radius 1 is 1.16 bits per heavy atom. The highest BCUT2D eigenvalue weighted by Gasteiger charge is 2.36. The number of sulfonamides is 1. The van der Waals surface area contributed by atoms with Crippen LogP contribution in [0.25, 0.3) is 17.1 Å². The van der Waals surface area contributed by atoms with E-state index in [2.05, 4.69) is 20.3 Å². The molecule has 14 heteroatoms. The molecule has 1 saturated heterocycles. The van der Waals surface area contributed by atoms with Gasteiger partial charge in [0.1, 0.15) is 29.1 Å². The average molecular weight is 542 g/mol. The van der Waals surface area contributed by atoms with Gasteiger partial charge in [0.25, 0.3) is 0 Å². The first-order chi connectivity index (χ1) is 17.3. The second-order valence-electron chi connectivity index (χ2n) is 9.22. The Hall–Kier alpha value is -3.10. The van der Waals surface area contributed by atoms with Crippen molar-refractivity contribution in [3.63, 3.8) is 0 Å². The molecule has 3 heterocycles. The van der Waals surface area contributed by atoms with Crippen molar-refractivity contribution in [2.75, 3.05) is 38.8 Å². The van der Waals surface area contributed by atoms with Crippen LogP contribution in [0, 0.1) is 5.82 Å². The van der Waals surface area contributed by atoms with E-state index in [4.69, 9.17) is 0 Å². The summed E-state index contributed by atoms with van der Waals surface area (Å²) in [5.41, 5.74) is -0.722. The smallest absolute Gasteiger partial charge is 0.351 e. The fraction of sp³-hybridized carbons (Fsp3) is 0.435. The molecule has 0 radical (unpaired) electrons. The van der Waals surface area contributed by atoms with Gasteiger partial charge in [-0.3, -0.25) is 0 Å². The summed E-state index contributed by atoms with van der Waals surface area (Å²) in [7, 11) is 0.405. The van der Waals surface area contributed by atoms with Crippen molar-refractivity contribution < 1.29 is 26.0 Å². The maximum absolute atomic E-state index is 14.8. The van der Waals surface area contributed by atoms with Gasteiger partial charge in [0.15, 0.2) is 0 Å². The first-order valence-corrected chi connectivity index (χ1v) is 13.3. The predicted octanol–water partition coefficient (Wildman–Crippen LogP) is 3.38. The number of imidazole rings is 1. The number of aromatic nitrogens is 4. The number of nitrogens with one attached hydrogen (secondary N) is 1. The van der Waals surface area contributed by atoms with Crippen molar-refractivity contribution in [3.8, 4) is 17.1 Å². The zero-order valence-electron chi connectivity index (χ0n) is 20.5. The van der Waals surface area contributed by atoms with Gasteiger partial charge in [-0.15, -0.1) is 0 Å². The maximum atomic E-state index is 14.8. The summed E-state index contributed by atoms with van der Waals surface area (Å²) < 4.78 is 82.1. The molecule has 37 heavy (non-hydrogen) atoms. The Morgan fingerprint density at radius 2 is 1.86 bits per heavy atom. The van der Waals surface area contributed by atoms with Gasteiger partial charge in [-0.05, 0) is 44.6 Å². The highest BCUT2D eigenvalue weighted by atomic mass is 32.2. The average Bonchev–Trinajstić information content (AvgIpc) is 3.27. The lowest BCUT2D eigenvalue weighted by atomic mass is 10.1. The molecule has 200 valence electrons. The van der Waals surface area contributed by atoms with E-state index in [0.29, 0.717) is 25.6 Å². The van der Waals surface area contributed by atoms with E-state index < -0.39 is 33.3 Å². The molecule has 1 aliphatic rings. The van der Waals surface area contributed by atoms with Crippen molar-refractivity contribution in [3.05, 3.63) is 53.9 Å². The van der Waals surface area contributed by atoms with Gasteiger partial charge < -0.3 is 14.8 Å². The van der Waals surface area contributed by atoms with Crippen molar-refractivity contribution in [2.45, 2.75) is 31.6 Å². The third-order valence-corrected chi connectivity index (χ3v) is 7.27. The minimum absolute atomic E-state index is 0.0328. The first-order valence-electron chi connectivity index (χ1n) is 11.4. The Bertz CT molecular complexity index is 1370. The minimum atomic E-state index is -4.74. The van der Waals surface area contributed by atoms with Gasteiger partial charge in [0.2, 0.25) is 16.0 Å². The standard InChI is InChI=1S/C23H27F4N7O2S/c1-32(2)12-15-4-5-20(18(24)10-15)33-13-19(29-14-33)21-17(23(25,26)27)11-28-22(31-21)30-16-6-8-34(9-7-16)37(3,35)36/h4-5,10-11,13-14,16H,6-9,12H2,1-3H3,(H,28,30,31). The second kappa shape index (κ2) is 10.3. The number of rotatable bonds is 7. The molecule has 0 amide bonds. The molecular formula is C23H27F4N7O2S. The molecule has 0 unspecified atom stereocenters. The Labute approximate surface area is 212 Å². The van der Waals surface area contributed by atoms with Gasteiger partial charge in [-0.25, -0.2) is 32.1 Å². The molecule has 2 aromatic heterocycles. The molecule has 3 aromatic rings. The van der Waals surface area contributed by atoms with Crippen LogP contribution in [-0.4, -0.2) is 76.6 Å². The number of halogens is 4. The van der Waals surface area contributed by atoms with Crippen LogP contribution in [-0.2, 0) is 22.7 Å². The summed E-state index contributed by atoms with van der Waals surface area (Å²) in [4.78, 5) is 13.9. The molecule has 0 spiro atoms. The van der Waals surface area contributed by atoms with Crippen molar-refractivity contribution in [1.29, 1.82) is 0 Å². The molecule has 0 aliphatic carbocycles. The lowest BCUT2D eigenvalue weighted by molar-refractivity contribution is -0.137. The van der Waals surface area contributed by atoms with Crippen molar-refractivity contribution in [2.24, 2.45) is 0 Å². The molecule has 1 aromatic carbocycles. The number of hydrogen-bond acceptors (Lipinski definition) is 7. The fourth-order valence-corrected chi connectivity index (χ4v) is 5.04. The molecule has 1 aliphatic heterocycles. The van der Waals surface area contributed by atoms with Crippen LogP contribution >= 0.6 is 0 Å². The third-order valence-electron chi connectivity index (χ3n) is 5.96. The van der Waals surface area contributed by atoms with Crippen molar-refractivity contribution >= 4 is 16.0 Å². The SMILES string of the molecule is CN(C)Cc1ccc(-n2cnc(-c3nc(NC4CCN(S(C)(=O)=O)CC4)ncc3C(F)(F)F)c2)c(F)c1. The Kier molecular flexibility index (Phi) is 7.53. The van der Waals surface area contributed by atoms with Gasteiger partial charge in [-0.2, -0.15) is 13.2 Å². The van der Waals surface area contributed by atoms with E-state index in [1.807, 2.05) is 19.0 Å². The Balaban J connectivity index is 1.60. The minimum Gasteiger partial charge on any atom is -0.351 e. The maximum Gasteiger partial charge on any atom is 0.420 e. The largest absolute Gasteiger partial charge is 0.420 e.